The highest BCUT2D eigenvalue weighted by atomic mass is 16.4. The lowest BCUT2D eigenvalue weighted by atomic mass is 10.1. The van der Waals surface area contributed by atoms with Crippen molar-refractivity contribution in [3.05, 3.63) is 0 Å². The Hall–Kier alpha value is -1.54. The number of amides is 1. The van der Waals surface area contributed by atoms with E-state index in [1.807, 2.05) is 6.92 Å². The van der Waals surface area contributed by atoms with Crippen LogP contribution in [-0.4, -0.2) is 36.1 Å². The minimum atomic E-state index is -0.811. The van der Waals surface area contributed by atoms with Crippen LogP contribution in [-0.2, 0) is 9.59 Å². The number of aliphatic carboxylic acids is 1. The van der Waals surface area contributed by atoms with Gasteiger partial charge in [0.05, 0.1) is 13.1 Å². The second-order valence-electron chi connectivity index (χ2n) is 3.56. The molecule has 0 spiro atoms. The first-order valence-corrected chi connectivity index (χ1v) is 5.21. The summed E-state index contributed by atoms with van der Waals surface area (Å²) in [5.41, 5.74) is 0. The summed E-state index contributed by atoms with van der Waals surface area (Å²) in [5.74, 6) is 1.43. The average Bonchev–Trinajstić information content (AvgIpc) is 2.17. The van der Waals surface area contributed by atoms with Gasteiger partial charge in [0.25, 0.3) is 0 Å². The molecule has 0 heterocycles. The van der Waals surface area contributed by atoms with Gasteiger partial charge in [-0.1, -0.05) is 5.92 Å². The summed E-state index contributed by atoms with van der Waals surface area (Å²) in [6.07, 6.45) is 6.37. The molecule has 16 heavy (non-hydrogen) atoms. The average molecular weight is 226 g/mol. The van der Waals surface area contributed by atoms with Gasteiger partial charge in [-0.2, -0.15) is 0 Å². The minimum Gasteiger partial charge on any atom is -0.481 e. The molecule has 5 heteroatoms. The number of carbonyl (C=O) groups is 2. The quantitative estimate of drug-likeness (QED) is 0.401. The summed E-state index contributed by atoms with van der Waals surface area (Å²) in [5, 5.41) is 14.0. The third-order valence-corrected chi connectivity index (χ3v) is 1.95. The number of rotatable bonds is 8. The molecule has 0 aromatic carbocycles. The Bertz CT molecular complexity index is 271. The summed E-state index contributed by atoms with van der Waals surface area (Å²) in [6.45, 7) is 2.40. The van der Waals surface area contributed by atoms with Crippen LogP contribution in [0.15, 0.2) is 0 Å². The molecule has 1 unspecified atom stereocenters. The highest BCUT2D eigenvalue weighted by Crippen LogP contribution is 1.99. The molecule has 0 aromatic heterocycles. The van der Waals surface area contributed by atoms with E-state index in [0.717, 1.165) is 0 Å². The van der Waals surface area contributed by atoms with Crippen LogP contribution < -0.4 is 10.6 Å². The van der Waals surface area contributed by atoms with Gasteiger partial charge >= 0.3 is 5.97 Å². The number of hydrogen-bond acceptors (Lipinski definition) is 3. The lowest BCUT2D eigenvalue weighted by Crippen LogP contribution is -2.39. The molecule has 0 rings (SSSR count). The van der Waals surface area contributed by atoms with Gasteiger partial charge in [0.1, 0.15) is 0 Å². The van der Waals surface area contributed by atoms with Crippen LogP contribution in [0, 0.1) is 12.3 Å². The Kier molecular flexibility index (Phi) is 7.90. The van der Waals surface area contributed by atoms with Gasteiger partial charge in [0, 0.05) is 12.5 Å². The molecule has 0 aliphatic carbocycles. The molecular weight excluding hydrogens is 208 g/mol. The van der Waals surface area contributed by atoms with E-state index in [1.54, 1.807) is 0 Å². The smallest absolute Gasteiger partial charge is 0.303 e. The second-order valence-corrected chi connectivity index (χ2v) is 3.56. The highest BCUT2D eigenvalue weighted by Gasteiger charge is 2.07. The van der Waals surface area contributed by atoms with Gasteiger partial charge in [-0.3, -0.25) is 14.9 Å². The van der Waals surface area contributed by atoms with E-state index in [-0.39, 0.29) is 24.9 Å². The molecular formula is C11H18N2O3. The highest BCUT2D eigenvalue weighted by molar-refractivity contribution is 5.78. The van der Waals surface area contributed by atoms with E-state index in [1.165, 1.54) is 0 Å². The molecule has 0 aromatic rings. The van der Waals surface area contributed by atoms with Crippen molar-refractivity contribution in [1.29, 1.82) is 0 Å². The summed E-state index contributed by atoms with van der Waals surface area (Å²) in [6, 6.07) is -0.0144. The molecule has 90 valence electrons. The zero-order valence-corrected chi connectivity index (χ0v) is 9.45. The van der Waals surface area contributed by atoms with Crippen LogP contribution in [0.5, 0.6) is 0 Å². The maximum Gasteiger partial charge on any atom is 0.303 e. The van der Waals surface area contributed by atoms with Crippen molar-refractivity contribution < 1.29 is 14.7 Å². The first-order chi connectivity index (χ1) is 7.56. The van der Waals surface area contributed by atoms with Crippen molar-refractivity contribution in [1.82, 2.24) is 10.6 Å². The number of nitrogens with one attached hydrogen (secondary N) is 2. The zero-order valence-electron chi connectivity index (χ0n) is 9.45. The van der Waals surface area contributed by atoms with Crippen molar-refractivity contribution in [2.45, 2.75) is 32.2 Å². The molecule has 0 fully saturated rings. The Labute approximate surface area is 95.6 Å². The predicted octanol–water partition coefficient (Wildman–Crippen LogP) is -0.0312. The maximum absolute atomic E-state index is 11.3. The molecule has 0 radical (unpaired) electrons. The summed E-state index contributed by atoms with van der Waals surface area (Å²) in [7, 11) is 0. The predicted molar refractivity (Wildman–Crippen MR) is 60.8 cm³/mol. The number of carbonyl (C=O) groups excluding carboxylic acids is 1. The maximum atomic E-state index is 11.3. The van der Waals surface area contributed by atoms with Crippen molar-refractivity contribution in [3.8, 4) is 12.3 Å². The van der Waals surface area contributed by atoms with E-state index >= 15 is 0 Å². The molecule has 1 atom stereocenters. The molecule has 1 amide bonds. The number of hydrogen-bond donors (Lipinski definition) is 3. The topological polar surface area (TPSA) is 78.4 Å². The fourth-order valence-electron chi connectivity index (χ4n) is 1.21. The normalized spacial score (nSPS) is 11.5. The molecule has 0 saturated carbocycles. The van der Waals surface area contributed by atoms with Crippen LogP contribution in [0.25, 0.3) is 0 Å². The fraction of sp³-hybridized carbons (Fsp3) is 0.636. The van der Waals surface area contributed by atoms with Crippen LogP contribution in [0.2, 0.25) is 0 Å². The van der Waals surface area contributed by atoms with Gasteiger partial charge in [-0.05, 0) is 19.8 Å². The van der Waals surface area contributed by atoms with Gasteiger partial charge in [-0.15, -0.1) is 6.42 Å². The lowest BCUT2D eigenvalue weighted by molar-refractivity contribution is -0.137. The summed E-state index contributed by atoms with van der Waals surface area (Å²) in [4.78, 5) is 21.5. The third-order valence-electron chi connectivity index (χ3n) is 1.95. The van der Waals surface area contributed by atoms with Crippen molar-refractivity contribution in [3.63, 3.8) is 0 Å². The van der Waals surface area contributed by atoms with E-state index in [9.17, 15) is 9.59 Å². The number of carboxylic acids is 1. The van der Waals surface area contributed by atoms with Crippen molar-refractivity contribution in [2.75, 3.05) is 13.1 Å². The van der Waals surface area contributed by atoms with E-state index < -0.39 is 5.97 Å². The van der Waals surface area contributed by atoms with Crippen LogP contribution in [0.3, 0.4) is 0 Å². The van der Waals surface area contributed by atoms with E-state index in [2.05, 4.69) is 16.6 Å². The Morgan fingerprint density at radius 2 is 2.19 bits per heavy atom. The van der Waals surface area contributed by atoms with Gasteiger partial charge in [-0.25, -0.2) is 0 Å². The van der Waals surface area contributed by atoms with Crippen LogP contribution >= 0.6 is 0 Å². The van der Waals surface area contributed by atoms with Crippen molar-refractivity contribution >= 4 is 11.9 Å². The monoisotopic (exact) mass is 226 g/mol. The third kappa shape index (κ3) is 9.03. The number of terminal acetylenes is 1. The zero-order chi connectivity index (χ0) is 12.4. The minimum absolute atomic E-state index is 0.0144. The van der Waals surface area contributed by atoms with Crippen LogP contribution in [0.1, 0.15) is 26.2 Å². The van der Waals surface area contributed by atoms with E-state index in [0.29, 0.717) is 19.4 Å². The summed E-state index contributed by atoms with van der Waals surface area (Å²) < 4.78 is 0. The Morgan fingerprint density at radius 3 is 2.75 bits per heavy atom. The van der Waals surface area contributed by atoms with E-state index in [4.69, 9.17) is 11.5 Å². The molecule has 0 saturated heterocycles. The SMILES string of the molecule is C#CCNCC(=O)NC(C)CCCC(=O)O. The molecule has 0 aliphatic rings. The molecule has 5 nitrogen and oxygen atoms in total. The lowest BCUT2D eigenvalue weighted by Gasteiger charge is -2.13. The summed E-state index contributed by atoms with van der Waals surface area (Å²) >= 11 is 0. The van der Waals surface area contributed by atoms with Gasteiger partial charge in [0.15, 0.2) is 0 Å². The Balaban J connectivity index is 3.54. The largest absolute Gasteiger partial charge is 0.481 e. The standard InChI is InChI=1S/C11H18N2O3/c1-3-7-12-8-10(14)13-9(2)5-4-6-11(15)16/h1,9,12H,4-8H2,2H3,(H,13,14)(H,15,16). The fourth-order valence-corrected chi connectivity index (χ4v) is 1.21. The number of carboxylic acid groups (broad SMARTS) is 1. The van der Waals surface area contributed by atoms with Gasteiger partial charge < -0.3 is 10.4 Å². The first kappa shape index (κ1) is 14.5. The van der Waals surface area contributed by atoms with Gasteiger partial charge in [0.2, 0.25) is 5.91 Å². The Morgan fingerprint density at radius 1 is 1.50 bits per heavy atom. The second kappa shape index (κ2) is 8.74. The molecule has 3 N–H and O–H groups in total. The van der Waals surface area contributed by atoms with Crippen LogP contribution in [0.4, 0.5) is 0 Å². The molecule has 0 aliphatic heterocycles. The first-order valence-electron chi connectivity index (χ1n) is 5.21. The molecule has 0 bridgehead atoms. The van der Waals surface area contributed by atoms with Crippen molar-refractivity contribution in [2.24, 2.45) is 0 Å².